The quantitative estimate of drug-likeness (QED) is 0.510. The molecule has 0 atom stereocenters. The minimum Gasteiger partial charge on any atom is -0.507 e. The molecule has 1 radical (unpaired) electrons. The summed E-state index contributed by atoms with van der Waals surface area (Å²) in [5.74, 6) is 0.197. The molecule has 0 saturated carbocycles. The van der Waals surface area contributed by atoms with E-state index < -0.39 is 0 Å². The Morgan fingerprint density at radius 1 is 1.43 bits per heavy atom. The van der Waals surface area contributed by atoms with E-state index in [1.807, 2.05) is 0 Å². The molecule has 0 aliphatic carbocycles. The van der Waals surface area contributed by atoms with Crippen molar-refractivity contribution in [3.8, 4) is 5.75 Å². The lowest BCUT2D eigenvalue weighted by atomic mass is 10.3. The van der Waals surface area contributed by atoms with E-state index >= 15 is 0 Å². The molecule has 0 bridgehead atoms. The van der Waals surface area contributed by atoms with Crippen molar-refractivity contribution in [3.63, 3.8) is 0 Å². The number of benzene rings is 1. The number of rotatable bonds is 0. The zero-order valence-corrected chi connectivity index (χ0v) is 3.76. The highest BCUT2D eigenvalue weighted by molar-refractivity contribution is 5.16. The van der Waals surface area contributed by atoms with Gasteiger partial charge in [0, 0.05) is 6.07 Å². The van der Waals surface area contributed by atoms with Gasteiger partial charge < -0.3 is 5.11 Å². The van der Waals surface area contributed by atoms with Crippen LogP contribution in [0.5, 0.6) is 5.75 Å². The molecular weight excluding hydrogens is 88.1 g/mol. The van der Waals surface area contributed by atoms with Crippen molar-refractivity contribution in [3.05, 3.63) is 30.3 Å². The van der Waals surface area contributed by atoms with Gasteiger partial charge in [-0.1, -0.05) is 18.2 Å². The molecular formula is C6H5O. The molecule has 0 aliphatic heterocycles. The van der Waals surface area contributed by atoms with Crippen LogP contribution in [0.25, 0.3) is 0 Å². The fraction of sp³-hybridized carbons (Fsp3) is 0. The first-order valence-electron chi connectivity index (χ1n) is 2.05. The third-order valence-corrected chi connectivity index (χ3v) is 0.693. The minimum absolute atomic E-state index is 0.197. The van der Waals surface area contributed by atoms with Crippen LogP contribution in [0, 0.1) is 6.07 Å². The Balaban J connectivity index is 3.02. The Bertz CT molecular complexity index is 134. The molecule has 1 nitrogen and oxygen atoms in total. The Hall–Kier alpha value is -0.980. The first-order valence-corrected chi connectivity index (χ1v) is 2.05. The van der Waals surface area contributed by atoms with Crippen LogP contribution >= 0.6 is 0 Å². The van der Waals surface area contributed by atoms with Crippen molar-refractivity contribution >= 4 is 0 Å². The van der Waals surface area contributed by atoms with Crippen LogP contribution in [0.1, 0.15) is 0 Å². The molecule has 1 N–H and O–H groups in total. The molecule has 1 aromatic rings. The minimum atomic E-state index is 0.197. The van der Waals surface area contributed by atoms with Crippen molar-refractivity contribution in [2.24, 2.45) is 0 Å². The number of hydrogen-bond donors (Lipinski definition) is 1. The van der Waals surface area contributed by atoms with Crippen molar-refractivity contribution in [1.82, 2.24) is 0 Å². The summed E-state index contributed by atoms with van der Waals surface area (Å²) >= 11 is 0. The van der Waals surface area contributed by atoms with Gasteiger partial charge in [0.2, 0.25) is 0 Å². The van der Waals surface area contributed by atoms with Crippen molar-refractivity contribution in [2.75, 3.05) is 0 Å². The van der Waals surface area contributed by atoms with Gasteiger partial charge in [0.25, 0.3) is 0 Å². The summed E-state index contributed by atoms with van der Waals surface area (Å²) in [5, 5.41) is 8.58. The zero-order valence-electron chi connectivity index (χ0n) is 3.76. The van der Waals surface area contributed by atoms with Gasteiger partial charge in [0.1, 0.15) is 5.75 Å². The van der Waals surface area contributed by atoms with Gasteiger partial charge in [-0.25, -0.2) is 0 Å². The Morgan fingerprint density at radius 3 is 2.57 bits per heavy atom. The summed E-state index contributed by atoms with van der Waals surface area (Å²) in [6.07, 6.45) is 0. The molecule has 1 aromatic carbocycles. The van der Waals surface area contributed by atoms with Crippen molar-refractivity contribution in [2.45, 2.75) is 0 Å². The number of phenolic OH excluding ortho intramolecular Hbond substituents is 1. The van der Waals surface area contributed by atoms with Crippen LogP contribution in [0.15, 0.2) is 24.3 Å². The van der Waals surface area contributed by atoms with E-state index in [4.69, 9.17) is 5.11 Å². The van der Waals surface area contributed by atoms with E-state index in [9.17, 15) is 0 Å². The standard InChI is InChI=1S/C6H5O/c7-6-4-2-1-3-5-6/h1-4,7H. The first kappa shape index (κ1) is 4.19. The highest BCUT2D eigenvalue weighted by Crippen LogP contribution is 2.01. The van der Waals surface area contributed by atoms with E-state index in [1.54, 1.807) is 24.3 Å². The monoisotopic (exact) mass is 93.0 g/mol. The van der Waals surface area contributed by atoms with Gasteiger partial charge in [-0.2, -0.15) is 0 Å². The maximum Gasteiger partial charge on any atom is 0.123 e. The molecule has 1 heteroatoms. The highest BCUT2D eigenvalue weighted by Gasteiger charge is 1.75. The average molecular weight is 93.1 g/mol. The maximum atomic E-state index is 8.58. The summed E-state index contributed by atoms with van der Waals surface area (Å²) < 4.78 is 0. The maximum absolute atomic E-state index is 8.58. The molecule has 0 fully saturated rings. The molecule has 1 rings (SSSR count). The molecule has 0 amide bonds. The summed E-state index contributed by atoms with van der Waals surface area (Å²) in [5.41, 5.74) is 0. The lowest BCUT2D eigenvalue weighted by molar-refractivity contribution is 0.474. The van der Waals surface area contributed by atoms with Gasteiger partial charge >= 0.3 is 0 Å². The van der Waals surface area contributed by atoms with E-state index in [0.29, 0.717) is 0 Å². The number of para-hydroxylation sites is 1. The zero-order chi connectivity index (χ0) is 5.11. The van der Waals surface area contributed by atoms with Crippen LogP contribution in [0.2, 0.25) is 0 Å². The van der Waals surface area contributed by atoms with Crippen LogP contribution < -0.4 is 0 Å². The van der Waals surface area contributed by atoms with Crippen molar-refractivity contribution in [1.29, 1.82) is 0 Å². The van der Waals surface area contributed by atoms with E-state index in [1.165, 1.54) is 0 Å². The summed E-state index contributed by atoms with van der Waals surface area (Å²) in [4.78, 5) is 0. The lowest BCUT2D eigenvalue weighted by Crippen LogP contribution is -1.57. The SMILES string of the molecule is Oc1[c]cccc1. The second-order valence-electron chi connectivity index (χ2n) is 1.25. The average Bonchev–Trinajstić information content (AvgIpc) is 1.69. The third kappa shape index (κ3) is 0.929. The third-order valence-electron chi connectivity index (χ3n) is 0.693. The second-order valence-corrected chi connectivity index (χ2v) is 1.25. The number of hydrogen-bond acceptors (Lipinski definition) is 1. The van der Waals surface area contributed by atoms with E-state index in [2.05, 4.69) is 6.07 Å². The van der Waals surface area contributed by atoms with Crippen molar-refractivity contribution < 1.29 is 5.11 Å². The second kappa shape index (κ2) is 1.65. The Kier molecular flexibility index (Phi) is 0.984. The molecule has 7 heavy (non-hydrogen) atoms. The largest absolute Gasteiger partial charge is 0.507 e. The van der Waals surface area contributed by atoms with Gasteiger partial charge in [0.15, 0.2) is 0 Å². The Morgan fingerprint density at radius 2 is 2.29 bits per heavy atom. The van der Waals surface area contributed by atoms with Crippen LogP contribution in [0.4, 0.5) is 0 Å². The smallest absolute Gasteiger partial charge is 0.123 e. The molecule has 0 spiro atoms. The van der Waals surface area contributed by atoms with Crippen LogP contribution in [0.3, 0.4) is 0 Å². The molecule has 0 unspecified atom stereocenters. The number of aromatic hydroxyl groups is 1. The van der Waals surface area contributed by atoms with E-state index in [0.717, 1.165) is 0 Å². The predicted molar refractivity (Wildman–Crippen MR) is 26.9 cm³/mol. The topological polar surface area (TPSA) is 20.2 Å². The summed E-state index contributed by atoms with van der Waals surface area (Å²) in [6, 6.07) is 9.39. The molecule has 35 valence electrons. The first-order chi connectivity index (χ1) is 3.39. The molecule has 0 aliphatic rings. The molecule has 0 saturated heterocycles. The van der Waals surface area contributed by atoms with Gasteiger partial charge in [-0.15, -0.1) is 0 Å². The number of phenols is 1. The predicted octanol–water partition coefficient (Wildman–Crippen LogP) is 1.19. The van der Waals surface area contributed by atoms with Crippen LogP contribution in [-0.4, -0.2) is 5.11 Å². The molecule has 0 aromatic heterocycles. The summed E-state index contributed by atoms with van der Waals surface area (Å²) in [6.45, 7) is 0. The van der Waals surface area contributed by atoms with E-state index in [-0.39, 0.29) is 5.75 Å². The van der Waals surface area contributed by atoms with Crippen LogP contribution in [-0.2, 0) is 0 Å². The normalized spacial score (nSPS) is 8.57. The van der Waals surface area contributed by atoms with Gasteiger partial charge in [-0.05, 0) is 6.07 Å². The van der Waals surface area contributed by atoms with Gasteiger partial charge in [0.05, 0.1) is 0 Å². The fourth-order valence-electron chi connectivity index (χ4n) is 0.384. The molecule has 0 heterocycles. The summed E-state index contributed by atoms with van der Waals surface area (Å²) in [7, 11) is 0. The highest BCUT2D eigenvalue weighted by atomic mass is 16.3. The lowest BCUT2D eigenvalue weighted by Gasteiger charge is -1.81. The van der Waals surface area contributed by atoms with Gasteiger partial charge in [-0.3, -0.25) is 0 Å². The fourth-order valence-corrected chi connectivity index (χ4v) is 0.384. The Labute approximate surface area is 42.2 Å².